The number of anilines is 2. The molecule has 0 spiro atoms. The van der Waals surface area contributed by atoms with E-state index in [4.69, 9.17) is 4.74 Å². The summed E-state index contributed by atoms with van der Waals surface area (Å²) in [5, 5.41) is 5.47. The lowest BCUT2D eigenvalue weighted by atomic mass is 10.0. The van der Waals surface area contributed by atoms with Gasteiger partial charge in [-0.1, -0.05) is 29.8 Å². The van der Waals surface area contributed by atoms with E-state index in [-0.39, 0.29) is 30.4 Å². The summed E-state index contributed by atoms with van der Waals surface area (Å²) in [5.74, 6) is -0.00334. The van der Waals surface area contributed by atoms with Crippen LogP contribution in [0.3, 0.4) is 0 Å². The molecule has 3 rings (SSSR count). The average molecular weight is 352 g/mol. The molecule has 0 saturated heterocycles. The third kappa shape index (κ3) is 4.08. The Morgan fingerprint density at radius 2 is 1.85 bits per heavy atom. The standard InChI is InChI=1S/C20H20N2O4/c1-12-3-5-14(6-4-12)17(23)8-10-19(24)21-15-7-9-18-16(11-15)22-20(25)13(2)26-18/h3-7,9,11,13H,8,10H2,1-2H3,(H,21,24)(H,22,25)/t13-/m0/s1. The molecule has 26 heavy (non-hydrogen) atoms. The maximum absolute atomic E-state index is 12.1. The number of Topliss-reactive ketones (excluding diaryl/α,β-unsaturated/α-hetero) is 1. The van der Waals surface area contributed by atoms with Gasteiger partial charge in [-0.05, 0) is 32.0 Å². The fourth-order valence-electron chi connectivity index (χ4n) is 2.62. The molecule has 0 aromatic heterocycles. The number of hydrogen-bond acceptors (Lipinski definition) is 4. The Morgan fingerprint density at radius 1 is 1.12 bits per heavy atom. The van der Waals surface area contributed by atoms with Crippen molar-refractivity contribution >= 4 is 29.0 Å². The smallest absolute Gasteiger partial charge is 0.265 e. The van der Waals surface area contributed by atoms with Crippen molar-refractivity contribution in [1.82, 2.24) is 0 Å². The van der Waals surface area contributed by atoms with Crippen molar-refractivity contribution in [3.05, 3.63) is 53.6 Å². The number of nitrogens with one attached hydrogen (secondary N) is 2. The van der Waals surface area contributed by atoms with Crippen LogP contribution in [0.2, 0.25) is 0 Å². The van der Waals surface area contributed by atoms with Gasteiger partial charge in [0, 0.05) is 24.1 Å². The van der Waals surface area contributed by atoms with Gasteiger partial charge < -0.3 is 15.4 Å². The molecule has 2 aromatic carbocycles. The second kappa shape index (κ2) is 7.39. The summed E-state index contributed by atoms with van der Waals surface area (Å²) in [5.41, 5.74) is 2.74. The Labute approximate surface area is 151 Å². The van der Waals surface area contributed by atoms with Gasteiger partial charge in [-0.3, -0.25) is 14.4 Å². The molecular formula is C20H20N2O4. The zero-order chi connectivity index (χ0) is 18.7. The normalized spacial score (nSPS) is 15.5. The molecule has 1 atom stereocenters. The largest absolute Gasteiger partial charge is 0.479 e. The van der Waals surface area contributed by atoms with Gasteiger partial charge >= 0.3 is 0 Å². The van der Waals surface area contributed by atoms with E-state index in [0.717, 1.165) is 5.56 Å². The summed E-state index contributed by atoms with van der Waals surface area (Å²) >= 11 is 0. The first-order chi connectivity index (χ1) is 12.4. The molecule has 0 aliphatic carbocycles. The third-order valence-corrected chi connectivity index (χ3v) is 4.15. The predicted octanol–water partition coefficient (Wildman–Crippen LogP) is 3.32. The molecule has 2 aromatic rings. The van der Waals surface area contributed by atoms with E-state index in [1.807, 2.05) is 19.1 Å². The van der Waals surface area contributed by atoms with Gasteiger partial charge in [0.25, 0.3) is 5.91 Å². The van der Waals surface area contributed by atoms with Crippen LogP contribution in [0.4, 0.5) is 11.4 Å². The highest BCUT2D eigenvalue weighted by Crippen LogP contribution is 2.32. The van der Waals surface area contributed by atoms with Crippen molar-refractivity contribution in [2.24, 2.45) is 0 Å². The topological polar surface area (TPSA) is 84.5 Å². The monoisotopic (exact) mass is 352 g/mol. The number of fused-ring (bicyclic) bond motifs is 1. The average Bonchev–Trinajstić information content (AvgIpc) is 2.61. The number of benzene rings is 2. The van der Waals surface area contributed by atoms with Gasteiger partial charge in [-0.2, -0.15) is 0 Å². The summed E-state index contributed by atoms with van der Waals surface area (Å²) in [4.78, 5) is 35.9. The van der Waals surface area contributed by atoms with E-state index in [1.54, 1.807) is 37.3 Å². The summed E-state index contributed by atoms with van der Waals surface area (Å²) in [6, 6.07) is 12.3. The maximum Gasteiger partial charge on any atom is 0.265 e. The molecule has 1 aliphatic rings. The lowest BCUT2D eigenvalue weighted by Crippen LogP contribution is -2.34. The predicted molar refractivity (Wildman–Crippen MR) is 98.5 cm³/mol. The first kappa shape index (κ1) is 17.7. The van der Waals surface area contributed by atoms with Crippen LogP contribution in [0.15, 0.2) is 42.5 Å². The van der Waals surface area contributed by atoms with Crippen LogP contribution < -0.4 is 15.4 Å². The SMILES string of the molecule is Cc1ccc(C(=O)CCC(=O)Nc2ccc3c(c2)NC(=O)[C@H](C)O3)cc1. The second-order valence-corrected chi connectivity index (χ2v) is 6.30. The highest BCUT2D eigenvalue weighted by atomic mass is 16.5. The van der Waals surface area contributed by atoms with Crippen molar-refractivity contribution in [2.45, 2.75) is 32.8 Å². The number of amides is 2. The van der Waals surface area contributed by atoms with Gasteiger partial charge in [0.1, 0.15) is 5.75 Å². The Kier molecular flexibility index (Phi) is 5.02. The van der Waals surface area contributed by atoms with E-state index in [2.05, 4.69) is 10.6 Å². The minimum atomic E-state index is -0.546. The van der Waals surface area contributed by atoms with Crippen molar-refractivity contribution in [2.75, 3.05) is 10.6 Å². The Balaban J connectivity index is 1.57. The molecule has 0 unspecified atom stereocenters. The number of ether oxygens (including phenoxy) is 1. The molecule has 0 fully saturated rings. The highest BCUT2D eigenvalue weighted by molar-refractivity contribution is 6.01. The van der Waals surface area contributed by atoms with Gasteiger partial charge in [-0.15, -0.1) is 0 Å². The maximum atomic E-state index is 12.1. The third-order valence-electron chi connectivity index (χ3n) is 4.15. The summed E-state index contributed by atoms with van der Waals surface area (Å²) in [6.07, 6.45) is -0.323. The van der Waals surface area contributed by atoms with Crippen LogP contribution >= 0.6 is 0 Å². The molecule has 0 saturated carbocycles. The van der Waals surface area contributed by atoms with E-state index in [1.165, 1.54) is 0 Å². The fourth-order valence-corrected chi connectivity index (χ4v) is 2.62. The first-order valence-corrected chi connectivity index (χ1v) is 8.43. The van der Waals surface area contributed by atoms with Crippen molar-refractivity contribution in [3.8, 4) is 5.75 Å². The van der Waals surface area contributed by atoms with Crippen LogP contribution in [0.5, 0.6) is 5.75 Å². The lowest BCUT2D eigenvalue weighted by Gasteiger charge is -2.23. The van der Waals surface area contributed by atoms with Crippen molar-refractivity contribution in [1.29, 1.82) is 0 Å². The number of carbonyl (C=O) groups is 3. The van der Waals surface area contributed by atoms with E-state index in [0.29, 0.717) is 22.7 Å². The highest BCUT2D eigenvalue weighted by Gasteiger charge is 2.23. The molecule has 2 N–H and O–H groups in total. The van der Waals surface area contributed by atoms with E-state index in [9.17, 15) is 14.4 Å². The molecule has 0 bridgehead atoms. The van der Waals surface area contributed by atoms with Crippen LogP contribution in [-0.2, 0) is 9.59 Å². The molecule has 1 aliphatic heterocycles. The van der Waals surface area contributed by atoms with Gasteiger partial charge in [0.15, 0.2) is 11.9 Å². The van der Waals surface area contributed by atoms with Gasteiger partial charge in [0.2, 0.25) is 5.91 Å². The van der Waals surface area contributed by atoms with Crippen LogP contribution in [0.25, 0.3) is 0 Å². The summed E-state index contributed by atoms with van der Waals surface area (Å²) < 4.78 is 5.47. The quantitative estimate of drug-likeness (QED) is 0.809. The first-order valence-electron chi connectivity index (χ1n) is 8.43. The van der Waals surface area contributed by atoms with Crippen molar-refractivity contribution in [3.63, 3.8) is 0 Å². The molecule has 2 amide bonds. The zero-order valence-corrected chi connectivity index (χ0v) is 14.7. The number of aryl methyl sites for hydroxylation is 1. The van der Waals surface area contributed by atoms with Crippen LogP contribution in [-0.4, -0.2) is 23.7 Å². The van der Waals surface area contributed by atoms with E-state index >= 15 is 0 Å². The number of rotatable bonds is 5. The molecule has 0 radical (unpaired) electrons. The Bertz CT molecular complexity index is 859. The summed E-state index contributed by atoms with van der Waals surface area (Å²) in [7, 11) is 0. The molecule has 134 valence electrons. The molecule has 1 heterocycles. The van der Waals surface area contributed by atoms with Crippen LogP contribution in [0, 0.1) is 6.92 Å². The second-order valence-electron chi connectivity index (χ2n) is 6.30. The minimum Gasteiger partial charge on any atom is -0.479 e. The van der Waals surface area contributed by atoms with Gasteiger partial charge in [0.05, 0.1) is 5.69 Å². The Hall–Kier alpha value is -3.15. The fraction of sp³-hybridized carbons (Fsp3) is 0.250. The Morgan fingerprint density at radius 3 is 2.58 bits per heavy atom. The van der Waals surface area contributed by atoms with E-state index < -0.39 is 6.10 Å². The van der Waals surface area contributed by atoms with Gasteiger partial charge in [-0.25, -0.2) is 0 Å². The number of carbonyl (C=O) groups excluding carboxylic acids is 3. The lowest BCUT2D eigenvalue weighted by molar-refractivity contribution is -0.122. The summed E-state index contributed by atoms with van der Waals surface area (Å²) in [6.45, 7) is 3.62. The zero-order valence-electron chi connectivity index (χ0n) is 14.7. The molecule has 6 nitrogen and oxygen atoms in total. The number of hydrogen-bond donors (Lipinski definition) is 2. The number of ketones is 1. The van der Waals surface area contributed by atoms with Crippen molar-refractivity contribution < 1.29 is 19.1 Å². The molecular weight excluding hydrogens is 332 g/mol. The molecule has 6 heteroatoms. The minimum absolute atomic E-state index is 0.0692. The van der Waals surface area contributed by atoms with Crippen LogP contribution in [0.1, 0.15) is 35.7 Å².